The Kier molecular flexibility index (Phi) is 5.52. The number of halogens is 3. The van der Waals surface area contributed by atoms with E-state index in [0.717, 1.165) is 0 Å². The van der Waals surface area contributed by atoms with Crippen LogP contribution in [-0.2, 0) is 16.0 Å². The monoisotopic (exact) mass is 289 g/mol. The highest BCUT2D eigenvalue weighted by molar-refractivity contribution is 6.33. The SMILES string of the molecule is CCOC(=O)Cc1ccc(C#N)c(Cl)c1OC(F)F. The summed E-state index contributed by atoms with van der Waals surface area (Å²) in [7, 11) is 0. The number of alkyl halides is 2. The summed E-state index contributed by atoms with van der Waals surface area (Å²) < 4.78 is 33.6. The highest BCUT2D eigenvalue weighted by atomic mass is 35.5. The van der Waals surface area contributed by atoms with Crippen LogP contribution in [0.25, 0.3) is 0 Å². The molecule has 0 amide bonds. The normalized spacial score (nSPS) is 10.1. The molecule has 1 aromatic carbocycles. The third-order valence-electron chi connectivity index (χ3n) is 2.15. The maximum absolute atomic E-state index is 12.3. The Labute approximate surface area is 113 Å². The first-order valence-electron chi connectivity index (χ1n) is 5.31. The lowest BCUT2D eigenvalue weighted by Gasteiger charge is -2.12. The fourth-order valence-electron chi connectivity index (χ4n) is 1.41. The van der Waals surface area contributed by atoms with Gasteiger partial charge in [-0.05, 0) is 13.0 Å². The first-order chi connectivity index (χ1) is 8.99. The Morgan fingerprint density at radius 2 is 2.21 bits per heavy atom. The summed E-state index contributed by atoms with van der Waals surface area (Å²) in [5.74, 6) is -0.967. The fraction of sp³-hybridized carbons (Fsp3) is 0.333. The Morgan fingerprint density at radius 3 is 2.74 bits per heavy atom. The fourth-order valence-corrected chi connectivity index (χ4v) is 1.68. The second-order valence-electron chi connectivity index (χ2n) is 3.39. The zero-order valence-corrected chi connectivity index (χ0v) is 10.7. The zero-order chi connectivity index (χ0) is 14.4. The number of rotatable bonds is 5. The molecule has 102 valence electrons. The maximum atomic E-state index is 12.3. The number of nitriles is 1. The first kappa shape index (κ1) is 15.2. The number of ether oxygens (including phenoxy) is 2. The quantitative estimate of drug-likeness (QED) is 0.782. The summed E-state index contributed by atoms with van der Waals surface area (Å²) >= 11 is 5.79. The van der Waals surface area contributed by atoms with Gasteiger partial charge in [-0.2, -0.15) is 14.0 Å². The number of nitrogens with zero attached hydrogens (tertiary/aromatic N) is 1. The van der Waals surface area contributed by atoms with Gasteiger partial charge < -0.3 is 9.47 Å². The van der Waals surface area contributed by atoms with Gasteiger partial charge in [0.15, 0.2) is 0 Å². The van der Waals surface area contributed by atoms with E-state index in [1.807, 2.05) is 0 Å². The lowest BCUT2D eigenvalue weighted by molar-refractivity contribution is -0.142. The molecule has 0 N–H and O–H groups in total. The number of carbonyl (C=O) groups is 1. The van der Waals surface area contributed by atoms with Gasteiger partial charge in [-0.3, -0.25) is 4.79 Å². The van der Waals surface area contributed by atoms with Crippen LogP contribution in [0.2, 0.25) is 5.02 Å². The molecule has 0 heterocycles. The van der Waals surface area contributed by atoms with E-state index in [0.29, 0.717) is 0 Å². The predicted molar refractivity (Wildman–Crippen MR) is 63.1 cm³/mol. The maximum Gasteiger partial charge on any atom is 0.387 e. The average Bonchev–Trinajstić information content (AvgIpc) is 2.34. The second kappa shape index (κ2) is 6.90. The molecule has 0 aliphatic rings. The summed E-state index contributed by atoms with van der Waals surface area (Å²) in [6, 6.07) is 4.40. The van der Waals surface area contributed by atoms with E-state index in [2.05, 4.69) is 4.74 Å². The number of esters is 1. The Morgan fingerprint density at radius 1 is 1.53 bits per heavy atom. The minimum absolute atomic E-state index is 0.00933. The molecule has 0 aliphatic carbocycles. The van der Waals surface area contributed by atoms with Gasteiger partial charge in [0.25, 0.3) is 0 Å². The molecule has 0 unspecified atom stereocenters. The van der Waals surface area contributed by atoms with Gasteiger partial charge in [0.2, 0.25) is 0 Å². The van der Waals surface area contributed by atoms with Gasteiger partial charge in [-0.15, -0.1) is 0 Å². The van der Waals surface area contributed by atoms with Crippen molar-refractivity contribution in [1.29, 1.82) is 5.26 Å². The van der Waals surface area contributed by atoms with Crippen LogP contribution in [0.3, 0.4) is 0 Å². The van der Waals surface area contributed by atoms with E-state index in [1.165, 1.54) is 12.1 Å². The third-order valence-corrected chi connectivity index (χ3v) is 2.52. The standard InChI is InChI=1S/C12H10ClF2NO3/c1-2-18-9(17)5-7-3-4-8(6-16)10(13)11(7)19-12(14)15/h3-4,12H,2,5H2,1H3. The van der Waals surface area contributed by atoms with Crippen LogP contribution in [0.1, 0.15) is 18.1 Å². The molecule has 1 aromatic rings. The van der Waals surface area contributed by atoms with Crippen molar-refractivity contribution in [2.45, 2.75) is 20.0 Å². The van der Waals surface area contributed by atoms with Gasteiger partial charge in [0.1, 0.15) is 16.8 Å². The number of carbonyl (C=O) groups excluding carboxylic acids is 1. The van der Waals surface area contributed by atoms with E-state index in [9.17, 15) is 13.6 Å². The summed E-state index contributed by atoms with van der Waals surface area (Å²) in [5, 5.41) is 8.52. The highest BCUT2D eigenvalue weighted by Gasteiger charge is 2.19. The molecule has 0 spiro atoms. The van der Waals surface area contributed by atoms with Gasteiger partial charge in [0.05, 0.1) is 18.6 Å². The summed E-state index contributed by atoms with van der Waals surface area (Å²) in [4.78, 5) is 11.3. The van der Waals surface area contributed by atoms with E-state index >= 15 is 0 Å². The molecule has 0 bridgehead atoms. The molecule has 19 heavy (non-hydrogen) atoms. The molecule has 0 saturated carbocycles. The molecule has 1 rings (SSSR count). The summed E-state index contributed by atoms with van der Waals surface area (Å²) in [6.07, 6.45) is -0.263. The molecular formula is C12H10ClF2NO3. The lowest BCUT2D eigenvalue weighted by Crippen LogP contribution is -2.11. The first-order valence-corrected chi connectivity index (χ1v) is 5.69. The molecule has 4 nitrogen and oxygen atoms in total. The van der Waals surface area contributed by atoms with Gasteiger partial charge >= 0.3 is 12.6 Å². The van der Waals surface area contributed by atoms with Crippen LogP contribution in [0.5, 0.6) is 5.75 Å². The molecule has 7 heteroatoms. The molecular weight excluding hydrogens is 280 g/mol. The number of hydrogen-bond acceptors (Lipinski definition) is 4. The highest BCUT2D eigenvalue weighted by Crippen LogP contribution is 2.33. The molecule has 0 atom stereocenters. The zero-order valence-electron chi connectivity index (χ0n) is 9.95. The van der Waals surface area contributed by atoms with Crippen molar-refractivity contribution in [3.8, 4) is 11.8 Å². The number of hydrogen-bond donors (Lipinski definition) is 0. The van der Waals surface area contributed by atoms with Gasteiger partial charge in [0, 0.05) is 5.56 Å². The minimum Gasteiger partial charge on any atom is -0.466 e. The molecule has 0 saturated heterocycles. The smallest absolute Gasteiger partial charge is 0.387 e. The van der Waals surface area contributed by atoms with Crippen molar-refractivity contribution in [3.63, 3.8) is 0 Å². The molecule has 0 fully saturated rings. The van der Waals surface area contributed by atoms with Crippen molar-refractivity contribution in [2.24, 2.45) is 0 Å². The Hall–Kier alpha value is -1.87. The minimum atomic E-state index is -3.10. The third kappa shape index (κ3) is 4.07. The van der Waals surface area contributed by atoms with Crippen LogP contribution in [-0.4, -0.2) is 19.2 Å². The van der Waals surface area contributed by atoms with Crippen LogP contribution in [0.15, 0.2) is 12.1 Å². The topological polar surface area (TPSA) is 59.3 Å². The van der Waals surface area contributed by atoms with E-state index in [1.54, 1.807) is 13.0 Å². The summed E-state index contributed by atoms with van der Waals surface area (Å²) in [6.45, 7) is -1.30. The van der Waals surface area contributed by atoms with Crippen molar-refractivity contribution in [2.75, 3.05) is 6.61 Å². The van der Waals surface area contributed by atoms with Crippen molar-refractivity contribution in [1.82, 2.24) is 0 Å². The molecule has 0 aromatic heterocycles. The second-order valence-corrected chi connectivity index (χ2v) is 3.77. The summed E-state index contributed by atoms with van der Waals surface area (Å²) in [5.41, 5.74) is 0.132. The Balaban J connectivity index is 3.13. The molecule has 0 aliphatic heterocycles. The van der Waals surface area contributed by atoms with Crippen molar-refractivity contribution >= 4 is 17.6 Å². The van der Waals surface area contributed by atoms with Crippen LogP contribution < -0.4 is 4.74 Å². The van der Waals surface area contributed by atoms with Crippen molar-refractivity contribution < 1.29 is 23.0 Å². The molecule has 0 radical (unpaired) electrons. The predicted octanol–water partition coefficient (Wildman–Crippen LogP) is 2.92. The van der Waals surface area contributed by atoms with Crippen LogP contribution >= 0.6 is 11.6 Å². The van der Waals surface area contributed by atoms with Crippen molar-refractivity contribution in [3.05, 3.63) is 28.3 Å². The van der Waals surface area contributed by atoms with Crippen LogP contribution in [0.4, 0.5) is 8.78 Å². The van der Waals surface area contributed by atoms with Crippen LogP contribution in [0, 0.1) is 11.3 Å². The number of benzene rings is 1. The van der Waals surface area contributed by atoms with E-state index in [-0.39, 0.29) is 34.9 Å². The van der Waals surface area contributed by atoms with E-state index < -0.39 is 12.6 Å². The largest absolute Gasteiger partial charge is 0.466 e. The van der Waals surface area contributed by atoms with Gasteiger partial charge in [-0.1, -0.05) is 17.7 Å². The Bertz CT molecular complexity index is 514. The van der Waals surface area contributed by atoms with Gasteiger partial charge in [-0.25, -0.2) is 0 Å². The van der Waals surface area contributed by atoms with E-state index in [4.69, 9.17) is 21.6 Å². The lowest BCUT2D eigenvalue weighted by atomic mass is 10.1. The average molecular weight is 290 g/mol.